The van der Waals surface area contributed by atoms with E-state index in [2.05, 4.69) is 10.3 Å². The van der Waals surface area contributed by atoms with Crippen molar-refractivity contribution in [1.82, 2.24) is 5.32 Å². The molecule has 0 bridgehead atoms. The monoisotopic (exact) mass is 430 g/mol. The third-order valence-corrected chi connectivity index (χ3v) is 5.61. The number of nitrogens with two attached hydrogens (primary N) is 1. The lowest BCUT2D eigenvalue weighted by Gasteiger charge is -2.28. The highest BCUT2D eigenvalue weighted by Crippen LogP contribution is 2.48. The molecule has 0 radical (unpaired) electrons. The number of aliphatic imine (C=N–C) groups is 1. The second-order valence-corrected chi connectivity index (χ2v) is 7.86. The summed E-state index contributed by atoms with van der Waals surface area (Å²) in [6.07, 6.45) is 3.53. The molecule has 1 aliphatic heterocycles. The highest BCUT2D eigenvalue weighted by atomic mass is 16.5. The Hall–Kier alpha value is -3.84. The molecule has 7 heteroatoms. The Labute approximate surface area is 187 Å². The number of rotatable bonds is 4. The molecule has 1 aliphatic carbocycles. The van der Waals surface area contributed by atoms with Crippen molar-refractivity contribution in [3.8, 4) is 11.5 Å². The van der Waals surface area contributed by atoms with E-state index in [1.54, 1.807) is 19.2 Å². The largest absolute Gasteiger partial charge is 0.478 e. The lowest BCUT2D eigenvalue weighted by Crippen LogP contribution is -2.22. The minimum Gasteiger partial charge on any atom is -0.478 e. The van der Waals surface area contributed by atoms with Crippen LogP contribution in [0.3, 0.4) is 0 Å². The van der Waals surface area contributed by atoms with Crippen LogP contribution < -0.4 is 20.7 Å². The van der Waals surface area contributed by atoms with E-state index in [0.717, 1.165) is 28.0 Å². The Morgan fingerprint density at radius 1 is 1.12 bits per heavy atom. The van der Waals surface area contributed by atoms with Gasteiger partial charge in [-0.1, -0.05) is 18.2 Å². The van der Waals surface area contributed by atoms with Gasteiger partial charge in [0, 0.05) is 56.1 Å². The molecule has 2 aromatic rings. The minimum absolute atomic E-state index is 0.0397. The average molecular weight is 431 g/mol. The summed E-state index contributed by atoms with van der Waals surface area (Å²) in [4.78, 5) is 18.4. The molecule has 164 valence electrons. The highest BCUT2D eigenvalue weighted by Gasteiger charge is 2.31. The number of carboxylic acid groups (broad SMARTS) is 1. The maximum Gasteiger partial charge on any atom is 0.338 e. The van der Waals surface area contributed by atoms with E-state index in [-0.39, 0.29) is 11.3 Å². The number of hydrogen-bond acceptors (Lipinski definition) is 6. The van der Waals surface area contributed by atoms with Gasteiger partial charge in [0.05, 0.1) is 17.0 Å². The first kappa shape index (κ1) is 21.4. The van der Waals surface area contributed by atoms with Crippen molar-refractivity contribution in [3.63, 3.8) is 0 Å². The van der Waals surface area contributed by atoms with Gasteiger partial charge in [0.15, 0.2) is 0 Å². The quantitative estimate of drug-likeness (QED) is 0.587. The van der Waals surface area contributed by atoms with Crippen LogP contribution in [-0.2, 0) is 11.3 Å². The number of allylic oxidation sites excluding steroid dienone is 2. The van der Waals surface area contributed by atoms with E-state index < -0.39 is 5.97 Å². The van der Waals surface area contributed by atoms with Crippen LogP contribution in [0.4, 0.5) is 5.69 Å². The van der Waals surface area contributed by atoms with Crippen LogP contribution in [0.5, 0.6) is 11.5 Å². The third-order valence-electron chi connectivity index (χ3n) is 5.61. The lowest BCUT2D eigenvalue weighted by atomic mass is 9.83. The zero-order valence-electron chi connectivity index (χ0n) is 18.6. The van der Waals surface area contributed by atoms with Crippen molar-refractivity contribution in [2.24, 2.45) is 10.7 Å². The number of nitrogens with one attached hydrogen (secondary N) is 1. The van der Waals surface area contributed by atoms with Crippen LogP contribution in [0.2, 0.25) is 0 Å². The fourth-order valence-corrected chi connectivity index (χ4v) is 4.05. The molecule has 2 aromatic carbocycles. The van der Waals surface area contributed by atoms with E-state index in [1.165, 1.54) is 0 Å². The zero-order chi connectivity index (χ0) is 23.0. The smallest absolute Gasteiger partial charge is 0.338 e. The Morgan fingerprint density at radius 3 is 2.44 bits per heavy atom. The summed E-state index contributed by atoms with van der Waals surface area (Å²) in [5.74, 6) is 0.247. The summed E-state index contributed by atoms with van der Waals surface area (Å²) in [6.45, 7) is 0.691. The molecule has 0 saturated carbocycles. The molecule has 1 heterocycles. The average Bonchev–Trinajstić information content (AvgIpc) is 2.76. The van der Waals surface area contributed by atoms with Gasteiger partial charge in [-0.05, 0) is 42.5 Å². The standard InChI is InChI=1S/C25H26N4O3/c1-27-13-14-5-7-16-20(11-14)32-21-12-15(29(3)4)6-8-17(21)22(16)18-9-10-19(28-2)24(26)23(18)25(30)31/h5-12,27H,13,26H2,1-4H3,(H,30,31). The van der Waals surface area contributed by atoms with Crippen molar-refractivity contribution >= 4 is 22.9 Å². The molecule has 0 aromatic heterocycles. The van der Waals surface area contributed by atoms with Gasteiger partial charge < -0.3 is 25.8 Å². The normalized spacial score (nSPS) is 18.3. The molecule has 0 unspecified atom stereocenters. The first-order valence-corrected chi connectivity index (χ1v) is 10.3. The van der Waals surface area contributed by atoms with E-state index in [1.807, 2.05) is 62.4 Å². The topological polar surface area (TPSA) is 100 Å². The number of carboxylic acids is 1. The number of benzene rings is 2. The number of anilines is 1. The van der Waals surface area contributed by atoms with Crippen LogP contribution in [0, 0.1) is 0 Å². The number of aliphatic carboxylic acids is 1. The zero-order valence-corrected chi connectivity index (χ0v) is 18.6. The fraction of sp³-hybridized carbons (Fsp3) is 0.200. The van der Waals surface area contributed by atoms with Gasteiger partial charge in [0.25, 0.3) is 0 Å². The molecule has 4 rings (SSSR count). The minimum atomic E-state index is -1.10. The van der Waals surface area contributed by atoms with Gasteiger partial charge >= 0.3 is 5.97 Å². The summed E-state index contributed by atoms with van der Waals surface area (Å²) in [5.41, 5.74) is 11.9. The van der Waals surface area contributed by atoms with Crippen molar-refractivity contribution in [2.45, 2.75) is 6.54 Å². The summed E-state index contributed by atoms with van der Waals surface area (Å²) in [6, 6.07) is 11.9. The van der Waals surface area contributed by atoms with Gasteiger partial charge in [-0.15, -0.1) is 0 Å². The van der Waals surface area contributed by atoms with Crippen LogP contribution in [0.15, 0.2) is 70.4 Å². The SMILES string of the molecule is CN=C1C=CC(=C2c3ccc(CNC)cc3Oc3cc(N(C)C)ccc32)C(C(=O)O)=C1N. The second kappa shape index (κ2) is 8.36. The van der Waals surface area contributed by atoms with E-state index in [4.69, 9.17) is 10.5 Å². The van der Waals surface area contributed by atoms with Crippen molar-refractivity contribution in [2.75, 3.05) is 33.1 Å². The number of ether oxygens (including phenoxy) is 1. The first-order valence-electron chi connectivity index (χ1n) is 10.3. The van der Waals surface area contributed by atoms with Crippen molar-refractivity contribution in [1.29, 1.82) is 0 Å². The van der Waals surface area contributed by atoms with Gasteiger partial charge in [-0.3, -0.25) is 4.99 Å². The first-order chi connectivity index (χ1) is 15.3. The molecule has 4 N–H and O–H groups in total. The maximum atomic E-state index is 12.3. The van der Waals surface area contributed by atoms with Gasteiger partial charge in [-0.25, -0.2) is 4.79 Å². The molecule has 2 aliphatic rings. The Kier molecular flexibility index (Phi) is 5.59. The molecule has 7 nitrogen and oxygen atoms in total. The molecular formula is C25H26N4O3. The Balaban J connectivity index is 2.05. The van der Waals surface area contributed by atoms with Crippen LogP contribution >= 0.6 is 0 Å². The predicted octanol–water partition coefficient (Wildman–Crippen LogP) is 3.32. The summed E-state index contributed by atoms with van der Waals surface area (Å²) in [7, 11) is 7.41. The Morgan fingerprint density at radius 2 is 1.81 bits per heavy atom. The molecule has 0 spiro atoms. The molecule has 32 heavy (non-hydrogen) atoms. The molecule has 0 fully saturated rings. The van der Waals surface area contributed by atoms with Crippen molar-refractivity contribution < 1.29 is 14.6 Å². The molecule has 0 amide bonds. The van der Waals surface area contributed by atoms with E-state index in [9.17, 15) is 9.90 Å². The van der Waals surface area contributed by atoms with Crippen LogP contribution in [0.1, 0.15) is 16.7 Å². The van der Waals surface area contributed by atoms with Crippen LogP contribution in [-0.4, -0.2) is 45.0 Å². The van der Waals surface area contributed by atoms with Gasteiger partial charge in [-0.2, -0.15) is 0 Å². The number of hydrogen-bond donors (Lipinski definition) is 3. The summed E-state index contributed by atoms with van der Waals surface area (Å²) >= 11 is 0. The molecular weight excluding hydrogens is 404 g/mol. The molecule has 0 saturated heterocycles. The highest BCUT2D eigenvalue weighted by molar-refractivity contribution is 6.17. The summed E-state index contributed by atoms with van der Waals surface area (Å²) in [5, 5.41) is 13.2. The number of fused-ring (bicyclic) bond motifs is 2. The third kappa shape index (κ3) is 3.56. The van der Waals surface area contributed by atoms with Gasteiger partial charge in [0.2, 0.25) is 0 Å². The lowest BCUT2D eigenvalue weighted by molar-refractivity contribution is -0.132. The second-order valence-electron chi connectivity index (χ2n) is 7.86. The fourth-order valence-electron chi connectivity index (χ4n) is 4.05. The predicted molar refractivity (Wildman–Crippen MR) is 127 cm³/mol. The van der Waals surface area contributed by atoms with E-state index >= 15 is 0 Å². The summed E-state index contributed by atoms with van der Waals surface area (Å²) < 4.78 is 6.31. The van der Waals surface area contributed by atoms with Crippen molar-refractivity contribution in [3.05, 3.63) is 82.1 Å². The Bertz CT molecular complexity index is 1240. The van der Waals surface area contributed by atoms with E-state index in [0.29, 0.717) is 29.3 Å². The maximum absolute atomic E-state index is 12.3. The molecule has 0 atom stereocenters. The van der Waals surface area contributed by atoms with Crippen LogP contribution in [0.25, 0.3) is 5.57 Å². The number of nitrogens with zero attached hydrogens (tertiary/aromatic N) is 2. The van der Waals surface area contributed by atoms with Gasteiger partial charge in [0.1, 0.15) is 11.5 Å². The number of carbonyl (C=O) groups is 1.